The molecule has 0 aromatic heterocycles. The van der Waals surface area contributed by atoms with Gasteiger partial charge in [-0.15, -0.1) is 0 Å². The highest BCUT2D eigenvalue weighted by molar-refractivity contribution is 6.42. The first-order valence-corrected chi connectivity index (χ1v) is 7.92. The van der Waals surface area contributed by atoms with Crippen molar-refractivity contribution in [2.45, 2.75) is 25.6 Å². The molecular weight excluding hydrogens is 346 g/mol. The van der Waals surface area contributed by atoms with Gasteiger partial charge >= 0.3 is 6.18 Å². The summed E-state index contributed by atoms with van der Waals surface area (Å²) in [5.41, 5.74) is 1.09. The molecule has 0 amide bonds. The van der Waals surface area contributed by atoms with Crippen LogP contribution < -0.4 is 5.32 Å². The molecule has 0 saturated carbocycles. The minimum Gasteiger partial charge on any atom is -0.313 e. The Bertz CT molecular complexity index is 657. The van der Waals surface area contributed by atoms with Crippen LogP contribution in [0, 0.1) is 0 Å². The van der Waals surface area contributed by atoms with Crippen molar-refractivity contribution in [3.63, 3.8) is 0 Å². The van der Waals surface area contributed by atoms with E-state index in [4.69, 9.17) is 23.2 Å². The maximum atomic E-state index is 12.6. The highest BCUT2D eigenvalue weighted by Crippen LogP contribution is 2.29. The number of nitrogens with one attached hydrogen (secondary N) is 1. The van der Waals surface area contributed by atoms with Crippen LogP contribution in [0.5, 0.6) is 0 Å². The second-order valence-electron chi connectivity index (χ2n) is 5.23. The number of rotatable bonds is 6. The molecule has 1 nitrogen and oxygen atoms in total. The van der Waals surface area contributed by atoms with E-state index in [1.165, 1.54) is 12.1 Å². The van der Waals surface area contributed by atoms with E-state index < -0.39 is 11.7 Å². The van der Waals surface area contributed by atoms with E-state index in [9.17, 15) is 13.2 Å². The summed E-state index contributed by atoms with van der Waals surface area (Å²) in [7, 11) is 0. The van der Waals surface area contributed by atoms with Crippen molar-refractivity contribution in [3.8, 4) is 0 Å². The molecular formula is C17H16Cl2F3N. The van der Waals surface area contributed by atoms with Crippen molar-refractivity contribution in [2.24, 2.45) is 0 Å². The van der Waals surface area contributed by atoms with Gasteiger partial charge in [0.2, 0.25) is 0 Å². The normalized spacial score (nSPS) is 11.7. The standard InChI is InChI=1S/C17H16Cl2F3N/c18-15-7-6-12(10-16(15)19)4-2-8-23-11-13-3-1-5-14(9-13)17(20,21)22/h1,3,5-7,9-10,23H,2,4,8,11H2. The van der Waals surface area contributed by atoms with E-state index in [-0.39, 0.29) is 0 Å². The van der Waals surface area contributed by atoms with Gasteiger partial charge in [-0.1, -0.05) is 47.5 Å². The third-order valence-corrected chi connectivity index (χ3v) is 4.13. The molecule has 2 rings (SSSR count). The first-order chi connectivity index (χ1) is 10.9. The number of halogens is 5. The monoisotopic (exact) mass is 361 g/mol. The summed E-state index contributed by atoms with van der Waals surface area (Å²) in [6.07, 6.45) is -2.62. The molecule has 0 spiro atoms. The van der Waals surface area contributed by atoms with Gasteiger partial charge in [0.1, 0.15) is 0 Å². The van der Waals surface area contributed by atoms with Crippen molar-refractivity contribution >= 4 is 23.2 Å². The van der Waals surface area contributed by atoms with Crippen LogP contribution in [0.2, 0.25) is 10.0 Å². The molecule has 2 aromatic rings. The Kier molecular flexibility index (Phi) is 6.33. The van der Waals surface area contributed by atoms with Gasteiger partial charge in [0.15, 0.2) is 0 Å². The van der Waals surface area contributed by atoms with Crippen LogP contribution >= 0.6 is 23.2 Å². The predicted octanol–water partition coefficient (Wildman–Crippen LogP) is 5.73. The molecule has 0 unspecified atom stereocenters. The summed E-state index contributed by atoms with van der Waals surface area (Å²) in [5.74, 6) is 0. The number of hydrogen-bond donors (Lipinski definition) is 1. The summed E-state index contributed by atoms with van der Waals surface area (Å²) in [6.45, 7) is 1.11. The van der Waals surface area contributed by atoms with Gasteiger partial charge in [0.05, 0.1) is 15.6 Å². The fourth-order valence-electron chi connectivity index (χ4n) is 2.20. The van der Waals surface area contributed by atoms with Crippen LogP contribution in [-0.4, -0.2) is 6.54 Å². The number of alkyl halides is 3. The second kappa shape index (κ2) is 8.04. The zero-order valence-electron chi connectivity index (χ0n) is 12.3. The molecule has 1 N–H and O–H groups in total. The molecule has 0 radical (unpaired) electrons. The summed E-state index contributed by atoms with van der Waals surface area (Å²) < 4.78 is 37.9. The quantitative estimate of drug-likeness (QED) is 0.647. The molecule has 124 valence electrons. The van der Waals surface area contributed by atoms with Crippen LogP contribution in [0.3, 0.4) is 0 Å². The summed E-state index contributed by atoms with van der Waals surface area (Å²) in [5, 5.41) is 4.20. The largest absolute Gasteiger partial charge is 0.416 e. The van der Waals surface area contributed by atoms with Crippen LogP contribution in [0.25, 0.3) is 0 Å². The summed E-state index contributed by atoms with van der Waals surface area (Å²) in [4.78, 5) is 0. The fraction of sp³-hybridized carbons (Fsp3) is 0.294. The fourth-order valence-corrected chi connectivity index (χ4v) is 2.52. The molecule has 0 saturated heterocycles. The van der Waals surface area contributed by atoms with E-state index >= 15 is 0 Å². The number of hydrogen-bond acceptors (Lipinski definition) is 1. The lowest BCUT2D eigenvalue weighted by atomic mass is 10.1. The van der Waals surface area contributed by atoms with E-state index in [0.717, 1.165) is 24.5 Å². The number of aryl methyl sites for hydroxylation is 1. The van der Waals surface area contributed by atoms with Crippen LogP contribution in [0.15, 0.2) is 42.5 Å². The van der Waals surface area contributed by atoms with E-state index in [1.807, 2.05) is 12.1 Å². The minimum atomic E-state index is -4.30. The molecule has 6 heteroatoms. The zero-order valence-corrected chi connectivity index (χ0v) is 13.8. The van der Waals surface area contributed by atoms with Gasteiger partial charge in [0.25, 0.3) is 0 Å². The molecule has 0 aliphatic carbocycles. The molecule has 0 aliphatic heterocycles. The lowest BCUT2D eigenvalue weighted by molar-refractivity contribution is -0.137. The molecule has 0 bridgehead atoms. The van der Waals surface area contributed by atoms with Crippen molar-refractivity contribution in [2.75, 3.05) is 6.54 Å². The van der Waals surface area contributed by atoms with Gasteiger partial charge in [0, 0.05) is 6.54 Å². The first-order valence-electron chi connectivity index (χ1n) is 7.17. The predicted molar refractivity (Wildman–Crippen MR) is 87.9 cm³/mol. The summed E-state index contributed by atoms with van der Waals surface area (Å²) >= 11 is 11.8. The molecule has 0 atom stereocenters. The Morgan fingerprint density at radius 2 is 1.70 bits per heavy atom. The van der Waals surface area contributed by atoms with Crippen molar-refractivity contribution in [3.05, 3.63) is 69.2 Å². The van der Waals surface area contributed by atoms with Crippen LogP contribution in [0.4, 0.5) is 13.2 Å². The Morgan fingerprint density at radius 1 is 0.913 bits per heavy atom. The lowest BCUT2D eigenvalue weighted by Gasteiger charge is -2.09. The van der Waals surface area contributed by atoms with Crippen molar-refractivity contribution < 1.29 is 13.2 Å². The average molecular weight is 362 g/mol. The Balaban J connectivity index is 1.76. The Hall–Kier alpha value is -1.23. The molecule has 0 fully saturated rings. The third kappa shape index (κ3) is 5.72. The van der Waals surface area contributed by atoms with E-state index in [2.05, 4.69) is 5.32 Å². The maximum absolute atomic E-state index is 12.6. The first kappa shape index (κ1) is 18.1. The average Bonchev–Trinajstić information content (AvgIpc) is 2.50. The number of benzene rings is 2. The van der Waals surface area contributed by atoms with Gasteiger partial charge in [-0.05, 0) is 48.7 Å². The van der Waals surface area contributed by atoms with Crippen LogP contribution in [-0.2, 0) is 19.1 Å². The molecule has 0 aliphatic rings. The van der Waals surface area contributed by atoms with Gasteiger partial charge in [-0.3, -0.25) is 0 Å². The zero-order chi connectivity index (χ0) is 16.9. The lowest BCUT2D eigenvalue weighted by Crippen LogP contribution is -2.16. The second-order valence-corrected chi connectivity index (χ2v) is 6.04. The summed E-state index contributed by atoms with van der Waals surface area (Å²) in [6, 6.07) is 10.9. The highest BCUT2D eigenvalue weighted by atomic mass is 35.5. The minimum absolute atomic E-state index is 0.408. The molecule has 23 heavy (non-hydrogen) atoms. The molecule has 2 aromatic carbocycles. The van der Waals surface area contributed by atoms with Gasteiger partial charge in [-0.25, -0.2) is 0 Å². The van der Waals surface area contributed by atoms with E-state index in [0.29, 0.717) is 28.7 Å². The van der Waals surface area contributed by atoms with Crippen molar-refractivity contribution in [1.82, 2.24) is 5.32 Å². The van der Waals surface area contributed by atoms with Crippen LogP contribution in [0.1, 0.15) is 23.1 Å². The maximum Gasteiger partial charge on any atom is 0.416 e. The smallest absolute Gasteiger partial charge is 0.313 e. The van der Waals surface area contributed by atoms with Crippen molar-refractivity contribution in [1.29, 1.82) is 0 Å². The van der Waals surface area contributed by atoms with E-state index in [1.54, 1.807) is 12.1 Å². The third-order valence-electron chi connectivity index (χ3n) is 3.39. The SMILES string of the molecule is FC(F)(F)c1cccc(CNCCCc2ccc(Cl)c(Cl)c2)c1. The van der Waals surface area contributed by atoms with Gasteiger partial charge < -0.3 is 5.32 Å². The highest BCUT2D eigenvalue weighted by Gasteiger charge is 2.30. The Morgan fingerprint density at radius 3 is 2.39 bits per heavy atom. The topological polar surface area (TPSA) is 12.0 Å². The molecule has 0 heterocycles. The Labute approximate surface area is 143 Å². The van der Waals surface area contributed by atoms with Gasteiger partial charge in [-0.2, -0.15) is 13.2 Å².